The fraction of sp³-hybridized carbons (Fsp3) is 0.333. The Bertz CT molecular complexity index is 586. The van der Waals surface area contributed by atoms with Crippen LogP contribution in [0.3, 0.4) is 0 Å². The summed E-state index contributed by atoms with van der Waals surface area (Å²) in [5.74, 6) is 1.35. The van der Waals surface area contributed by atoms with Crippen LogP contribution in [0.2, 0.25) is 0 Å². The highest BCUT2D eigenvalue weighted by atomic mass is 19.1. The van der Waals surface area contributed by atoms with E-state index in [2.05, 4.69) is 15.3 Å². The molecule has 4 nitrogen and oxygen atoms in total. The van der Waals surface area contributed by atoms with Crippen molar-refractivity contribution in [1.82, 2.24) is 14.9 Å². The van der Waals surface area contributed by atoms with Crippen molar-refractivity contribution < 1.29 is 4.39 Å². The van der Waals surface area contributed by atoms with E-state index < -0.39 is 0 Å². The van der Waals surface area contributed by atoms with Crippen molar-refractivity contribution >= 4 is 5.82 Å². The minimum atomic E-state index is -0.180. The van der Waals surface area contributed by atoms with Crippen molar-refractivity contribution in [2.45, 2.75) is 20.0 Å². The summed E-state index contributed by atoms with van der Waals surface area (Å²) in [6.45, 7) is 3.03. The predicted molar refractivity (Wildman–Crippen MR) is 77.9 cm³/mol. The largest absolute Gasteiger partial charge is 0.373 e. The van der Waals surface area contributed by atoms with Crippen LogP contribution in [-0.4, -0.2) is 29.0 Å². The summed E-state index contributed by atoms with van der Waals surface area (Å²) in [6, 6.07) is 8.70. The normalized spacial score (nSPS) is 10.8. The molecule has 20 heavy (non-hydrogen) atoms. The average molecular weight is 274 g/mol. The van der Waals surface area contributed by atoms with Gasteiger partial charge in [0, 0.05) is 30.9 Å². The lowest BCUT2D eigenvalue weighted by Gasteiger charge is -2.16. The maximum Gasteiger partial charge on any atom is 0.144 e. The van der Waals surface area contributed by atoms with Gasteiger partial charge in [0.25, 0.3) is 0 Å². The topological polar surface area (TPSA) is 41.1 Å². The van der Waals surface area contributed by atoms with E-state index in [0.717, 1.165) is 17.3 Å². The number of nitrogens with zero attached hydrogens (tertiary/aromatic N) is 3. The zero-order chi connectivity index (χ0) is 14.5. The van der Waals surface area contributed by atoms with Gasteiger partial charge in [0.15, 0.2) is 0 Å². The molecule has 0 aliphatic carbocycles. The zero-order valence-corrected chi connectivity index (χ0v) is 12.0. The molecule has 2 aromatic rings. The van der Waals surface area contributed by atoms with Crippen molar-refractivity contribution in [3.05, 3.63) is 53.2 Å². The van der Waals surface area contributed by atoms with E-state index in [1.807, 2.05) is 38.1 Å². The van der Waals surface area contributed by atoms with E-state index in [1.165, 1.54) is 6.07 Å². The van der Waals surface area contributed by atoms with E-state index in [-0.39, 0.29) is 5.82 Å². The summed E-state index contributed by atoms with van der Waals surface area (Å²) >= 11 is 0. The number of hydrogen-bond donors (Lipinski definition) is 1. The van der Waals surface area contributed by atoms with Crippen molar-refractivity contribution in [1.29, 1.82) is 0 Å². The second-order valence-electron chi connectivity index (χ2n) is 4.82. The minimum Gasteiger partial charge on any atom is -0.373 e. The van der Waals surface area contributed by atoms with Crippen LogP contribution in [0.15, 0.2) is 30.3 Å². The first-order valence-corrected chi connectivity index (χ1v) is 6.52. The van der Waals surface area contributed by atoms with Crippen LogP contribution < -0.4 is 5.32 Å². The van der Waals surface area contributed by atoms with Gasteiger partial charge in [-0.2, -0.15) is 0 Å². The number of hydrogen-bond acceptors (Lipinski definition) is 4. The Morgan fingerprint density at radius 2 is 1.95 bits per heavy atom. The molecule has 2 rings (SSSR count). The fourth-order valence-electron chi connectivity index (χ4n) is 2.04. The van der Waals surface area contributed by atoms with Gasteiger partial charge < -0.3 is 5.32 Å². The van der Waals surface area contributed by atoms with Crippen LogP contribution in [0, 0.1) is 12.7 Å². The lowest BCUT2D eigenvalue weighted by atomic mass is 10.2. The third-order valence-corrected chi connectivity index (χ3v) is 2.97. The number of aryl methyl sites for hydroxylation is 1. The Kier molecular flexibility index (Phi) is 4.63. The molecule has 0 atom stereocenters. The van der Waals surface area contributed by atoms with Gasteiger partial charge in [-0.15, -0.1) is 0 Å². The molecule has 0 spiro atoms. The smallest absolute Gasteiger partial charge is 0.144 e. The van der Waals surface area contributed by atoms with Crippen LogP contribution in [0.5, 0.6) is 0 Å². The molecule has 0 bridgehead atoms. The molecule has 1 heterocycles. The maximum absolute atomic E-state index is 13.6. The first-order chi connectivity index (χ1) is 9.58. The number of halogens is 1. The van der Waals surface area contributed by atoms with Crippen LogP contribution in [0.1, 0.15) is 17.1 Å². The van der Waals surface area contributed by atoms with Crippen LogP contribution >= 0.6 is 0 Å². The summed E-state index contributed by atoms with van der Waals surface area (Å²) in [6.07, 6.45) is 0. The summed E-state index contributed by atoms with van der Waals surface area (Å²) < 4.78 is 13.6. The summed E-state index contributed by atoms with van der Waals surface area (Å²) in [5, 5.41) is 3.01. The number of benzene rings is 1. The molecule has 1 N–H and O–H groups in total. The fourth-order valence-corrected chi connectivity index (χ4v) is 2.04. The molecule has 0 aliphatic heterocycles. The molecular weight excluding hydrogens is 255 g/mol. The molecule has 0 aliphatic rings. The van der Waals surface area contributed by atoms with Gasteiger partial charge in [-0.25, -0.2) is 14.4 Å². The second kappa shape index (κ2) is 6.43. The Labute approximate surface area is 118 Å². The lowest BCUT2D eigenvalue weighted by Crippen LogP contribution is -2.20. The minimum absolute atomic E-state index is 0.180. The molecule has 0 saturated heterocycles. The second-order valence-corrected chi connectivity index (χ2v) is 4.82. The Morgan fingerprint density at radius 3 is 2.65 bits per heavy atom. The molecular formula is C15H19FN4. The summed E-state index contributed by atoms with van der Waals surface area (Å²) in [4.78, 5) is 10.8. The highest BCUT2D eigenvalue weighted by Crippen LogP contribution is 2.11. The van der Waals surface area contributed by atoms with Gasteiger partial charge in [0.1, 0.15) is 17.5 Å². The molecule has 0 radical (unpaired) electrons. The number of aromatic nitrogens is 2. The standard InChI is InChI=1S/C15H19FN4/c1-11-8-14(17-2)19-15(18-11)10-20(3)9-12-6-4-5-7-13(12)16/h4-8H,9-10H2,1-3H3,(H,17,18,19). The Hall–Kier alpha value is -2.01. The summed E-state index contributed by atoms with van der Waals surface area (Å²) in [7, 11) is 3.76. The van der Waals surface area contributed by atoms with E-state index in [1.54, 1.807) is 12.1 Å². The highest BCUT2D eigenvalue weighted by molar-refractivity contribution is 5.34. The highest BCUT2D eigenvalue weighted by Gasteiger charge is 2.08. The van der Waals surface area contributed by atoms with Crippen molar-refractivity contribution in [2.75, 3.05) is 19.4 Å². The lowest BCUT2D eigenvalue weighted by molar-refractivity contribution is 0.305. The first-order valence-electron chi connectivity index (χ1n) is 6.52. The van der Waals surface area contributed by atoms with Crippen molar-refractivity contribution in [2.24, 2.45) is 0 Å². The first kappa shape index (κ1) is 14.4. The van der Waals surface area contributed by atoms with E-state index in [4.69, 9.17) is 0 Å². The quantitative estimate of drug-likeness (QED) is 0.910. The van der Waals surface area contributed by atoms with Crippen molar-refractivity contribution in [3.8, 4) is 0 Å². The van der Waals surface area contributed by atoms with Gasteiger partial charge in [-0.3, -0.25) is 4.90 Å². The molecule has 106 valence electrons. The SMILES string of the molecule is CNc1cc(C)nc(CN(C)Cc2ccccc2F)n1. The van der Waals surface area contributed by atoms with E-state index >= 15 is 0 Å². The van der Waals surface area contributed by atoms with Crippen molar-refractivity contribution in [3.63, 3.8) is 0 Å². The number of nitrogens with one attached hydrogen (secondary N) is 1. The van der Waals surface area contributed by atoms with Gasteiger partial charge in [-0.1, -0.05) is 18.2 Å². The zero-order valence-electron chi connectivity index (χ0n) is 12.0. The van der Waals surface area contributed by atoms with Gasteiger partial charge in [0.05, 0.1) is 6.54 Å². The monoisotopic (exact) mass is 274 g/mol. The predicted octanol–water partition coefficient (Wildman–Crippen LogP) is 2.60. The third-order valence-electron chi connectivity index (χ3n) is 2.97. The molecule has 1 aromatic carbocycles. The Balaban J connectivity index is 2.06. The number of rotatable bonds is 5. The van der Waals surface area contributed by atoms with Crippen LogP contribution in [0.4, 0.5) is 10.2 Å². The van der Waals surface area contributed by atoms with Gasteiger partial charge in [0.2, 0.25) is 0 Å². The molecule has 0 fully saturated rings. The molecule has 5 heteroatoms. The maximum atomic E-state index is 13.6. The van der Waals surface area contributed by atoms with Gasteiger partial charge in [-0.05, 0) is 20.0 Å². The van der Waals surface area contributed by atoms with Gasteiger partial charge >= 0.3 is 0 Å². The molecule has 0 saturated carbocycles. The van der Waals surface area contributed by atoms with E-state index in [9.17, 15) is 4.39 Å². The molecule has 1 aromatic heterocycles. The van der Waals surface area contributed by atoms with E-state index in [0.29, 0.717) is 18.7 Å². The van der Waals surface area contributed by atoms with Crippen LogP contribution in [-0.2, 0) is 13.1 Å². The number of anilines is 1. The van der Waals surface area contributed by atoms with Crippen LogP contribution in [0.25, 0.3) is 0 Å². The molecule has 0 amide bonds. The molecule has 0 unspecified atom stereocenters. The Morgan fingerprint density at radius 1 is 1.20 bits per heavy atom. The summed E-state index contributed by atoms with van der Waals surface area (Å²) in [5.41, 5.74) is 1.59. The third kappa shape index (κ3) is 3.74. The average Bonchev–Trinajstić information content (AvgIpc) is 2.40.